The summed E-state index contributed by atoms with van der Waals surface area (Å²) in [6, 6.07) is 0. The zero-order chi connectivity index (χ0) is 79.4. The number of hydrogen-bond acceptors (Lipinski definition) is 14. The van der Waals surface area contributed by atoms with Crippen LogP contribution in [0.25, 0.3) is 0 Å². The topological polar surface area (TPSA) is 231 Å². The van der Waals surface area contributed by atoms with Gasteiger partial charge in [0.25, 0.3) is 0 Å². The Morgan fingerprint density at radius 1 is 0.266 bits per heavy atom. The van der Waals surface area contributed by atoms with Gasteiger partial charge in [0.1, 0.15) is 25.4 Å². The zero-order valence-corrected chi connectivity index (χ0v) is 70.5. The van der Waals surface area contributed by atoms with Crippen LogP contribution in [0.5, 0.6) is 0 Å². The van der Waals surface area contributed by atoms with Crippen molar-refractivity contribution in [2.75, 3.05) is 39.6 Å². The summed E-state index contributed by atoms with van der Waals surface area (Å²) >= 11 is 0. The largest absolute Gasteiger partial charge is 0.472 e. The highest BCUT2D eigenvalue weighted by atomic mass is 31.2. The van der Waals surface area contributed by atoms with Gasteiger partial charge < -0.3 is 34.2 Å². The Labute approximate surface area is 664 Å². The first kappa shape index (κ1) is 104. The molecule has 16 nitrogen and oxygen atoms in total. The van der Waals surface area contributed by atoms with Gasteiger partial charge >= 0.3 is 33.6 Å². The first-order valence-corrected chi connectivity index (χ1v) is 46.1. The van der Waals surface area contributed by atoms with Gasteiger partial charge in [-0.1, -0.05) is 334 Å². The van der Waals surface area contributed by atoms with Gasteiger partial charge in [-0.25, -0.2) is 9.13 Å². The van der Waals surface area contributed by atoms with Crippen molar-refractivity contribution >= 4 is 33.6 Å². The van der Waals surface area contributed by atoms with Crippen molar-refractivity contribution in [3.63, 3.8) is 0 Å². The quantitative estimate of drug-likeness (QED) is 0.0146. The fourth-order valence-corrected chi connectivity index (χ4v) is 13.1. The molecule has 0 amide bonds. The maximum atomic E-state index is 13.0. The van der Waals surface area contributed by atoms with Gasteiger partial charge in [-0.2, -0.15) is 0 Å². The number of allylic oxidation sites excluding steroid dienone is 24. The lowest BCUT2D eigenvalue weighted by atomic mass is 10.0. The van der Waals surface area contributed by atoms with Crippen LogP contribution in [0.2, 0.25) is 0 Å². The van der Waals surface area contributed by atoms with Crippen molar-refractivity contribution in [3.05, 3.63) is 146 Å². The third-order valence-corrected chi connectivity index (χ3v) is 19.9. The molecule has 0 fully saturated rings. The molecule has 0 aromatic heterocycles. The van der Waals surface area contributed by atoms with E-state index in [2.05, 4.69) is 167 Å². The van der Waals surface area contributed by atoms with Crippen molar-refractivity contribution in [1.29, 1.82) is 0 Å². The van der Waals surface area contributed by atoms with E-state index in [1.54, 1.807) is 0 Å². The minimum atomic E-state index is -4.95. The number of ether oxygens (including phenoxy) is 3. The van der Waals surface area contributed by atoms with E-state index in [1.165, 1.54) is 135 Å². The predicted octanol–water partition coefficient (Wildman–Crippen LogP) is 26.0. The Morgan fingerprint density at radius 2 is 0.486 bits per heavy atom. The molecule has 0 spiro atoms. The molecular formula is C91H156O16P2. The molecule has 109 heavy (non-hydrogen) atoms. The van der Waals surface area contributed by atoms with Gasteiger partial charge in [0.05, 0.1) is 26.4 Å². The van der Waals surface area contributed by atoms with Gasteiger partial charge in [0.2, 0.25) is 0 Å². The average molecular weight is 1570 g/mol. The molecule has 5 unspecified atom stereocenters. The average Bonchev–Trinajstić information content (AvgIpc) is 0.904. The van der Waals surface area contributed by atoms with E-state index in [9.17, 15) is 43.5 Å². The van der Waals surface area contributed by atoms with Crippen LogP contribution in [0, 0.1) is 0 Å². The van der Waals surface area contributed by atoms with Crippen LogP contribution >= 0.6 is 15.6 Å². The van der Waals surface area contributed by atoms with Crippen molar-refractivity contribution < 1.29 is 75.8 Å². The molecule has 0 aromatic rings. The van der Waals surface area contributed by atoms with Crippen molar-refractivity contribution in [1.82, 2.24) is 0 Å². The number of phosphoric acid groups is 2. The summed E-state index contributed by atoms with van der Waals surface area (Å²) in [4.78, 5) is 58.9. The molecule has 0 radical (unpaired) electrons. The number of phosphoric ester groups is 2. The highest BCUT2D eigenvalue weighted by Gasteiger charge is 2.29. The fraction of sp³-hybridized carbons (Fsp3) is 0.703. The molecule has 0 aliphatic carbocycles. The second-order valence-electron chi connectivity index (χ2n) is 28.6. The lowest BCUT2D eigenvalue weighted by Gasteiger charge is -2.21. The fourth-order valence-electron chi connectivity index (χ4n) is 11.5. The van der Waals surface area contributed by atoms with Crippen LogP contribution in [0.15, 0.2) is 146 Å². The molecule has 0 saturated heterocycles. The van der Waals surface area contributed by atoms with Crippen molar-refractivity contribution in [2.45, 2.75) is 373 Å². The van der Waals surface area contributed by atoms with E-state index < -0.39 is 91.5 Å². The number of aliphatic hydroxyl groups is 2. The molecule has 5 atom stereocenters. The zero-order valence-electron chi connectivity index (χ0n) is 68.7. The second kappa shape index (κ2) is 82.9. The molecule has 0 aliphatic heterocycles. The summed E-state index contributed by atoms with van der Waals surface area (Å²) in [5.74, 6) is -1.59. The number of esters is 3. The molecule has 0 heterocycles. The van der Waals surface area contributed by atoms with Gasteiger partial charge in [0.15, 0.2) is 6.10 Å². The summed E-state index contributed by atoms with van der Waals surface area (Å²) in [6.45, 7) is 2.52. The highest BCUT2D eigenvalue weighted by molar-refractivity contribution is 7.47. The predicted molar refractivity (Wildman–Crippen MR) is 454 cm³/mol. The number of carbonyl (C=O) groups excluding carboxylic acids is 3. The standard InChI is InChI=1S/C91H156O16P2/c1-4-7-10-13-16-19-22-25-28-31-34-36-38-40-41-42-43-45-47-48-51-53-56-59-62-65-68-71-74-77-89(94)101-80-86(92)81-103-108(97,98)104-82-87(93)83-105-109(99,100)106-85-88(107-91(96)79-76-73-70-67-64-61-58-55-50-33-30-27-24-21-18-15-12-9-6-3)84-102-90(95)78-75-72-69-66-63-60-57-54-52-49-46-44-39-37-35-32-29-26-23-20-17-14-11-8-5-2/h9,12,16-21,25-30,34-37,40-41,44,46,50,55,86-88,92-93H,4-8,10-11,13-15,22-24,31-33,38-39,42-43,45,47-49,51-54,56-85H2,1-3H3,(H,97,98)(H,99,100)/b12-9-,19-16-,20-17-,21-18-,28-25-,29-26-,30-27-,36-34-,37-35-,41-40-,46-44-,55-50-. The number of unbranched alkanes of at least 4 members (excludes halogenated alkanes) is 34. The molecule has 626 valence electrons. The van der Waals surface area contributed by atoms with Gasteiger partial charge in [0, 0.05) is 19.3 Å². The van der Waals surface area contributed by atoms with E-state index in [4.69, 9.17) is 32.3 Å². The number of rotatable bonds is 81. The third-order valence-electron chi connectivity index (χ3n) is 18.0. The number of aliphatic hydroxyl groups excluding tert-OH is 2. The SMILES string of the molecule is CC/C=C\C/C=C\C/C=C\C/C=C\CCCCCCCCC(=O)OC(COC(=O)CCCCCCCCCCC/C=C\C/C=C\C/C=C\C/C=C\CCCCC)COP(=O)(O)OCC(O)COP(=O)(O)OCC(O)COC(=O)CCCCCCCCCCCCCCC/C=C\C/C=C\C/C=C\C/C=C\CCCCC. The minimum Gasteiger partial charge on any atom is -0.463 e. The summed E-state index contributed by atoms with van der Waals surface area (Å²) in [5, 5.41) is 20.7. The number of carbonyl (C=O) groups is 3. The van der Waals surface area contributed by atoms with E-state index >= 15 is 0 Å². The molecule has 18 heteroatoms. The Morgan fingerprint density at radius 3 is 0.771 bits per heavy atom. The van der Waals surface area contributed by atoms with Gasteiger partial charge in [-0.3, -0.25) is 32.5 Å². The van der Waals surface area contributed by atoms with Gasteiger partial charge in [-0.05, 0) is 148 Å². The molecular weight excluding hydrogens is 1410 g/mol. The third kappa shape index (κ3) is 84.2. The van der Waals surface area contributed by atoms with E-state index in [0.29, 0.717) is 19.3 Å². The smallest absolute Gasteiger partial charge is 0.463 e. The Balaban J connectivity index is 4.61. The van der Waals surface area contributed by atoms with Crippen LogP contribution in [0.1, 0.15) is 355 Å². The molecule has 0 aliphatic rings. The lowest BCUT2D eigenvalue weighted by Crippen LogP contribution is -2.30. The van der Waals surface area contributed by atoms with Crippen molar-refractivity contribution in [2.24, 2.45) is 0 Å². The molecule has 4 N–H and O–H groups in total. The molecule has 0 saturated carbocycles. The van der Waals surface area contributed by atoms with Crippen LogP contribution in [0.4, 0.5) is 0 Å². The van der Waals surface area contributed by atoms with E-state index in [1.807, 2.05) is 0 Å². The summed E-state index contributed by atoms with van der Waals surface area (Å²) in [7, 11) is -9.81. The van der Waals surface area contributed by atoms with E-state index in [-0.39, 0.29) is 19.3 Å². The minimum absolute atomic E-state index is 0.0834. The van der Waals surface area contributed by atoms with Crippen LogP contribution in [0.3, 0.4) is 0 Å². The Kier molecular flexibility index (Phi) is 79.4. The molecule has 0 bridgehead atoms. The maximum absolute atomic E-state index is 13.0. The van der Waals surface area contributed by atoms with Crippen LogP contribution < -0.4 is 0 Å². The maximum Gasteiger partial charge on any atom is 0.472 e. The molecule has 0 rings (SSSR count). The van der Waals surface area contributed by atoms with Crippen molar-refractivity contribution in [3.8, 4) is 0 Å². The van der Waals surface area contributed by atoms with Crippen LogP contribution in [-0.2, 0) is 55.8 Å². The first-order chi connectivity index (χ1) is 53.2. The van der Waals surface area contributed by atoms with Crippen LogP contribution in [-0.4, -0.2) is 95.9 Å². The Bertz CT molecular complexity index is 2560. The highest BCUT2D eigenvalue weighted by Crippen LogP contribution is 2.45. The number of hydrogen-bond donors (Lipinski definition) is 4. The summed E-state index contributed by atoms with van der Waals surface area (Å²) in [6.07, 6.45) is 103. The van der Waals surface area contributed by atoms with E-state index in [0.717, 1.165) is 161 Å². The second-order valence-corrected chi connectivity index (χ2v) is 31.5. The molecule has 0 aromatic carbocycles. The summed E-state index contributed by atoms with van der Waals surface area (Å²) < 4.78 is 61.3. The van der Waals surface area contributed by atoms with Gasteiger partial charge in [-0.15, -0.1) is 0 Å². The lowest BCUT2D eigenvalue weighted by molar-refractivity contribution is -0.161. The summed E-state index contributed by atoms with van der Waals surface area (Å²) in [5.41, 5.74) is 0. The normalized spacial score (nSPS) is 14.6. The Hall–Kier alpha value is -4.57. The first-order valence-electron chi connectivity index (χ1n) is 43.1. The monoisotopic (exact) mass is 1570 g/mol.